The summed E-state index contributed by atoms with van der Waals surface area (Å²) in [5.41, 5.74) is 0. The topological polar surface area (TPSA) is 73.0 Å². The number of nitro groups is 1. The predicted molar refractivity (Wildman–Crippen MR) is 53.8 cm³/mol. The van der Waals surface area contributed by atoms with E-state index in [4.69, 9.17) is 11.6 Å². The number of aryl methyl sites for hydroxylation is 1. The van der Waals surface area contributed by atoms with Crippen molar-refractivity contribution in [2.45, 2.75) is 6.92 Å². The first-order valence-corrected chi connectivity index (χ1v) is 4.59. The second-order valence-electron chi connectivity index (χ2n) is 2.76. The van der Waals surface area contributed by atoms with Gasteiger partial charge in [-0.1, -0.05) is 0 Å². The molecule has 0 aliphatic heterocycles. The zero-order valence-electron chi connectivity index (χ0n) is 7.95. The van der Waals surface area contributed by atoms with Gasteiger partial charge in [-0.3, -0.25) is 4.57 Å². The lowest BCUT2D eigenvalue weighted by Crippen LogP contribution is -2.08. The standard InChI is InChI=1S/C7H11ClN4O2/c1-5-10-7(12(13)14)6(11(5)2)9-4-3-8/h9H,3-4H2,1-2H3. The molecule has 0 aliphatic carbocycles. The molecule has 14 heavy (non-hydrogen) atoms. The fourth-order valence-corrected chi connectivity index (χ4v) is 1.18. The van der Waals surface area contributed by atoms with Gasteiger partial charge in [0.1, 0.15) is 0 Å². The molecular weight excluding hydrogens is 208 g/mol. The van der Waals surface area contributed by atoms with E-state index < -0.39 is 4.92 Å². The number of nitrogens with one attached hydrogen (secondary N) is 1. The van der Waals surface area contributed by atoms with E-state index in [-0.39, 0.29) is 5.82 Å². The average molecular weight is 219 g/mol. The molecule has 0 spiro atoms. The van der Waals surface area contributed by atoms with Gasteiger partial charge in [0.15, 0.2) is 0 Å². The summed E-state index contributed by atoms with van der Waals surface area (Å²) in [6.07, 6.45) is 0. The van der Waals surface area contributed by atoms with Gasteiger partial charge in [0.2, 0.25) is 11.6 Å². The van der Waals surface area contributed by atoms with E-state index in [1.54, 1.807) is 18.5 Å². The average Bonchev–Trinajstić information content (AvgIpc) is 2.41. The summed E-state index contributed by atoms with van der Waals surface area (Å²) < 4.78 is 1.63. The van der Waals surface area contributed by atoms with Crippen molar-refractivity contribution in [1.82, 2.24) is 9.55 Å². The van der Waals surface area contributed by atoms with E-state index in [9.17, 15) is 10.1 Å². The number of imidazole rings is 1. The molecule has 0 atom stereocenters. The molecule has 0 aromatic carbocycles. The van der Waals surface area contributed by atoms with Crippen LogP contribution in [0, 0.1) is 17.0 Å². The molecule has 0 aliphatic rings. The second-order valence-corrected chi connectivity index (χ2v) is 3.14. The van der Waals surface area contributed by atoms with Crippen LogP contribution in [0.5, 0.6) is 0 Å². The molecular formula is C7H11ClN4O2. The zero-order chi connectivity index (χ0) is 10.7. The first-order valence-electron chi connectivity index (χ1n) is 4.05. The Bertz CT molecular complexity index is 350. The Morgan fingerprint density at radius 3 is 2.86 bits per heavy atom. The van der Waals surface area contributed by atoms with Crippen LogP contribution in [0.1, 0.15) is 5.82 Å². The van der Waals surface area contributed by atoms with Crippen molar-refractivity contribution in [2.75, 3.05) is 17.7 Å². The second kappa shape index (κ2) is 4.28. The van der Waals surface area contributed by atoms with Gasteiger partial charge in [0.25, 0.3) is 0 Å². The number of halogens is 1. The van der Waals surface area contributed by atoms with Crippen LogP contribution in [0.15, 0.2) is 0 Å². The maximum atomic E-state index is 10.6. The molecule has 0 unspecified atom stereocenters. The molecule has 78 valence electrons. The van der Waals surface area contributed by atoms with Gasteiger partial charge in [-0.2, -0.15) is 0 Å². The van der Waals surface area contributed by atoms with E-state index in [2.05, 4.69) is 10.3 Å². The van der Waals surface area contributed by atoms with Crippen LogP contribution in [-0.4, -0.2) is 26.9 Å². The lowest BCUT2D eigenvalue weighted by atomic mass is 10.6. The van der Waals surface area contributed by atoms with Gasteiger partial charge in [0.05, 0.1) is 0 Å². The first kappa shape index (κ1) is 10.8. The number of anilines is 1. The molecule has 0 saturated carbocycles. The highest BCUT2D eigenvalue weighted by atomic mass is 35.5. The fraction of sp³-hybridized carbons (Fsp3) is 0.571. The fourth-order valence-electron chi connectivity index (χ4n) is 1.08. The Hall–Kier alpha value is -1.30. The number of aromatic nitrogens is 2. The molecule has 0 saturated heterocycles. The zero-order valence-corrected chi connectivity index (χ0v) is 8.71. The molecule has 1 heterocycles. The lowest BCUT2D eigenvalue weighted by molar-refractivity contribution is -0.388. The van der Waals surface area contributed by atoms with Gasteiger partial charge in [-0.15, -0.1) is 11.6 Å². The quantitative estimate of drug-likeness (QED) is 0.470. The third-order valence-corrected chi connectivity index (χ3v) is 2.05. The maximum absolute atomic E-state index is 10.6. The summed E-state index contributed by atoms with van der Waals surface area (Å²) in [5, 5.41) is 13.5. The molecule has 0 amide bonds. The number of hydrogen-bond donors (Lipinski definition) is 1. The van der Waals surface area contributed by atoms with Gasteiger partial charge in [-0.05, 0) is 9.91 Å². The van der Waals surface area contributed by atoms with E-state index in [0.29, 0.717) is 24.1 Å². The summed E-state index contributed by atoms with van der Waals surface area (Å²) >= 11 is 5.48. The van der Waals surface area contributed by atoms with Gasteiger partial charge >= 0.3 is 5.82 Å². The van der Waals surface area contributed by atoms with Crippen molar-refractivity contribution in [1.29, 1.82) is 0 Å². The van der Waals surface area contributed by atoms with Gasteiger partial charge in [-0.25, -0.2) is 0 Å². The Labute approximate surface area is 86.0 Å². The molecule has 7 heteroatoms. The van der Waals surface area contributed by atoms with Crippen LogP contribution >= 0.6 is 11.6 Å². The van der Waals surface area contributed by atoms with Crippen LogP contribution in [0.4, 0.5) is 11.6 Å². The third kappa shape index (κ3) is 1.95. The largest absolute Gasteiger partial charge is 0.406 e. The van der Waals surface area contributed by atoms with E-state index in [0.717, 1.165) is 0 Å². The van der Waals surface area contributed by atoms with Crippen LogP contribution in [-0.2, 0) is 7.05 Å². The minimum absolute atomic E-state index is 0.157. The highest BCUT2D eigenvalue weighted by molar-refractivity contribution is 6.18. The lowest BCUT2D eigenvalue weighted by Gasteiger charge is -2.03. The minimum atomic E-state index is -0.510. The molecule has 0 fully saturated rings. The van der Waals surface area contributed by atoms with E-state index >= 15 is 0 Å². The Kier molecular flexibility index (Phi) is 3.29. The Morgan fingerprint density at radius 1 is 1.71 bits per heavy atom. The number of alkyl halides is 1. The van der Waals surface area contributed by atoms with E-state index in [1.807, 2.05) is 0 Å². The van der Waals surface area contributed by atoms with Crippen molar-refractivity contribution < 1.29 is 4.92 Å². The van der Waals surface area contributed by atoms with Gasteiger partial charge in [0, 0.05) is 26.4 Å². The molecule has 0 bridgehead atoms. The van der Waals surface area contributed by atoms with Crippen LogP contribution in [0.25, 0.3) is 0 Å². The number of nitrogens with zero attached hydrogens (tertiary/aromatic N) is 3. The molecule has 1 aromatic rings. The monoisotopic (exact) mass is 218 g/mol. The minimum Gasteiger partial charge on any atom is -0.363 e. The summed E-state index contributed by atoms with van der Waals surface area (Å²) in [7, 11) is 1.71. The maximum Gasteiger partial charge on any atom is 0.406 e. The van der Waals surface area contributed by atoms with Crippen LogP contribution in [0.2, 0.25) is 0 Å². The first-order chi connectivity index (χ1) is 6.57. The summed E-state index contributed by atoms with van der Waals surface area (Å²) in [4.78, 5) is 13.9. The smallest absolute Gasteiger partial charge is 0.363 e. The third-order valence-electron chi connectivity index (χ3n) is 1.86. The van der Waals surface area contributed by atoms with Crippen LogP contribution in [0.3, 0.4) is 0 Å². The highest BCUT2D eigenvalue weighted by Crippen LogP contribution is 2.23. The summed E-state index contributed by atoms with van der Waals surface area (Å²) in [5.74, 6) is 1.22. The normalized spacial score (nSPS) is 10.2. The molecule has 6 nitrogen and oxygen atoms in total. The number of rotatable bonds is 4. The van der Waals surface area contributed by atoms with Crippen molar-refractivity contribution in [3.63, 3.8) is 0 Å². The predicted octanol–water partition coefficient (Wildman–Crippen LogP) is 1.29. The van der Waals surface area contributed by atoms with Gasteiger partial charge < -0.3 is 15.4 Å². The summed E-state index contributed by atoms with van der Waals surface area (Å²) in [6.45, 7) is 2.18. The molecule has 1 N–H and O–H groups in total. The van der Waals surface area contributed by atoms with E-state index in [1.165, 1.54) is 0 Å². The molecule has 1 aromatic heterocycles. The van der Waals surface area contributed by atoms with Crippen molar-refractivity contribution >= 4 is 23.2 Å². The highest BCUT2D eigenvalue weighted by Gasteiger charge is 2.22. The molecule has 0 radical (unpaired) electrons. The Morgan fingerprint density at radius 2 is 2.36 bits per heavy atom. The Balaban J connectivity index is 3.03. The SMILES string of the molecule is Cc1nc([N+](=O)[O-])c(NCCCl)n1C. The summed E-state index contributed by atoms with van der Waals surface area (Å²) in [6, 6.07) is 0. The van der Waals surface area contributed by atoms with Crippen molar-refractivity contribution in [3.8, 4) is 0 Å². The van der Waals surface area contributed by atoms with Crippen molar-refractivity contribution in [2.24, 2.45) is 7.05 Å². The van der Waals surface area contributed by atoms with Crippen molar-refractivity contribution in [3.05, 3.63) is 15.9 Å². The van der Waals surface area contributed by atoms with Crippen LogP contribution < -0.4 is 5.32 Å². The molecule has 1 rings (SSSR count). The number of hydrogen-bond acceptors (Lipinski definition) is 4.